The van der Waals surface area contributed by atoms with Crippen LogP contribution < -0.4 is 5.56 Å². The van der Waals surface area contributed by atoms with Crippen LogP contribution in [-0.2, 0) is 0 Å². The number of H-pyrrole nitrogens is 2. The number of halogens is 1. The van der Waals surface area contributed by atoms with Gasteiger partial charge in [0.25, 0.3) is 5.56 Å². The summed E-state index contributed by atoms with van der Waals surface area (Å²) in [5.41, 5.74) is 0.846. The Balaban J connectivity index is 2.33. The smallest absolute Gasteiger partial charge is 0.259 e. The second-order valence-corrected chi connectivity index (χ2v) is 3.93. The molecule has 2 aromatic heterocycles. The molecule has 0 fully saturated rings. The largest absolute Gasteiger partial charge is 0.321 e. The van der Waals surface area contributed by atoms with Gasteiger partial charge in [-0.05, 0) is 34.7 Å². The summed E-state index contributed by atoms with van der Waals surface area (Å²) >= 11 is 5.90. The van der Waals surface area contributed by atoms with Gasteiger partial charge in [-0.3, -0.25) is 4.79 Å². The van der Waals surface area contributed by atoms with Crippen LogP contribution in [0.3, 0.4) is 0 Å². The molecule has 0 bridgehead atoms. The predicted octanol–water partition coefficient (Wildman–Crippen LogP) is 1.36. The molecule has 3 rings (SSSR count). The zero-order chi connectivity index (χ0) is 11.8. The van der Waals surface area contributed by atoms with Gasteiger partial charge in [0.05, 0.1) is 5.56 Å². The van der Waals surface area contributed by atoms with Gasteiger partial charge in [0.1, 0.15) is 0 Å². The van der Waals surface area contributed by atoms with E-state index < -0.39 is 0 Å². The summed E-state index contributed by atoms with van der Waals surface area (Å²) in [6.07, 6.45) is 0. The molecular formula is C10H6ClN5O. The second kappa shape index (κ2) is 3.67. The highest BCUT2D eigenvalue weighted by Gasteiger charge is 2.08. The fourth-order valence-electron chi connectivity index (χ4n) is 1.63. The quantitative estimate of drug-likeness (QED) is 0.680. The number of pyridine rings is 1. The van der Waals surface area contributed by atoms with Gasteiger partial charge in [-0.2, -0.15) is 0 Å². The highest BCUT2D eigenvalue weighted by atomic mass is 35.5. The van der Waals surface area contributed by atoms with Crippen molar-refractivity contribution >= 4 is 22.5 Å². The van der Waals surface area contributed by atoms with Gasteiger partial charge >= 0.3 is 0 Å². The van der Waals surface area contributed by atoms with E-state index in [4.69, 9.17) is 11.6 Å². The number of hydrogen-bond acceptors (Lipinski definition) is 4. The Morgan fingerprint density at radius 1 is 1.24 bits per heavy atom. The molecule has 0 saturated carbocycles. The average Bonchev–Trinajstić information content (AvgIpc) is 2.82. The number of benzene rings is 1. The third-order valence-corrected chi connectivity index (χ3v) is 2.64. The molecular weight excluding hydrogens is 242 g/mol. The zero-order valence-corrected chi connectivity index (χ0v) is 9.19. The van der Waals surface area contributed by atoms with E-state index >= 15 is 0 Å². The maximum atomic E-state index is 11.8. The Bertz CT molecular complexity index is 734. The highest BCUT2D eigenvalue weighted by Crippen LogP contribution is 2.19. The Labute approximate surface area is 99.6 Å². The van der Waals surface area contributed by atoms with Crippen LogP contribution in [0.15, 0.2) is 29.1 Å². The Hall–Kier alpha value is -2.21. The van der Waals surface area contributed by atoms with Gasteiger partial charge in [-0.15, -0.1) is 5.10 Å². The van der Waals surface area contributed by atoms with Crippen molar-refractivity contribution in [3.8, 4) is 11.4 Å². The van der Waals surface area contributed by atoms with Crippen molar-refractivity contribution in [2.75, 3.05) is 0 Å². The number of tetrazole rings is 1. The number of aromatic amines is 2. The van der Waals surface area contributed by atoms with Gasteiger partial charge in [0, 0.05) is 15.9 Å². The molecule has 1 aromatic carbocycles. The van der Waals surface area contributed by atoms with Gasteiger partial charge in [0.15, 0.2) is 5.82 Å². The van der Waals surface area contributed by atoms with Crippen molar-refractivity contribution in [1.29, 1.82) is 0 Å². The molecule has 2 heterocycles. The van der Waals surface area contributed by atoms with E-state index in [1.165, 1.54) is 0 Å². The first-order chi connectivity index (χ1) is 8.24. The highest BCUT2D eigenvalue weighted by molar-refractivity contribution is 6.31. The first-order valence-electron chi connectivity index (χ1n) is 4.81. The fourth-order valence-corrected chi connectivity index (χ4v) is 1.81. The van der Waals surface area contributed by atoms with Crippen LogP contribution in [0, 0.1) is 0 Å². The molecule has 0 atom stereocenters. The summed E-state index contributed by atoms with van der Waals surface area (Å²) in [5, 5.41) is 14.6. The maximum absolute atomic E-state index is 11.8. The standard InChI is InChI=1S/C10H6ClN5O/c11-6-1-2-8-5(3-6)4-7(10(17)12-8)9-13-15-16-14-9/h1-4H,(H,12,17)(H,13,14,15,16). The first kappa shape index (κ1) is 9.98. The van der Waals surface area contributed by atoms with E-state index in [0.717, 1.165) is 10.9 Å². The van der Waals surface area contributed by atoms with Crippen LogP contribution in [-0.4, -0.2) is 25.6 Å². The van der Waals surface area contributed by atoms with Crippen LogP contribution in [0.5, 0.6) is 0 Å². The van der Waals surface area contributed by atoms with Crippen molar-refractivity contribution in [3.05, 3.63) is 39.6 Å². The Morgan fingerprint density at radius 2 is 2.12 bits per heavy atom. The monoisotopic (exact) mass is 247 g/mol. The fraction of sp³-hybridized carbons (Fsp3) is 0. The number of hydrogen-bond donors (Lipinski definition) is 2. The lowest BCUT2D eigenvalue weighted by Gasteiger charge is -2.00. The normalized spacial score (nSPS) is 10.9. The van der Waals surface area contributed by atoms with Crippen molar-refractivity contribution in [2.45, 2.75) is 0 Å². The van der Waals surface area contributed by atoms with Crippen molar-refractivity contribution in [3.63, 3.8) is 0 Å². The van der Waals surface area contributed by atoms with E-state index in [0.29, 0.717) is 16.4 Å². The Morgan fingerprint density at radius 3 is 2.88 bits per heavy atom. The SMILES string of the molecule is O=c1[nH]c2ccc(Cl)cc2cc1-c1nnn[nH]1. The van der Waals surface area contributed by atoms with E-state index in [-0.39, 0.29) is 5.56 Å². The van der Waals surface area contributed by atoms with Crippen LogP contribution in [0.4, 0.5) is 0 Å². The lowest BCUT2D eigenvalue weighted by atomic mass is 10.1. The van der Waals surface area contributed by atoms with Gasteiger partial charge in [0.2, 0.25) is 0 Å². The summed E-state index contributed by atoms with van der Waals surface area (Å²) in [4.78, 5) is 14.6. The molecule has 0 amide bonds. The van der Waals surface area contributed by atoms with Crippen molar-refractivity contribution < 1.29 is 0 Å². The number of rotatable bonds is 1. The van der Waals surface area contributed by atoms with Crippen molar-refractivity contribution in [2.24, 2.45) is 0 Å². The van der Waals surface area contributed by atoms with Crippen LogP contribution in [0.1, 0.15) is 0 Å². The van der Waals surface area contributed by atoms with Crippen LogP contribution in [0.2, 0.25) is 5.02 Å². The molecule has 0 spiro atoms. The number of nitrogens with zero attached hydrogens (tertiary/aromatic N) is 3. The Kier molecular flexibility index (Phi) is 2.15. The van der Waals surface area contributed by atoms with E-state index in [9.17, 15) is 4.79 Å². The lowest BCUT2D eigenvalue weighted by molar-refractivity contribution is 0.881. The van der Waals surface area contributed by atoms with Crippen LogP contribution >= 0.6 is 11.6 Å². The molecule has 17 heavy (non-hydrogen) atoms. The number of nitrogens with one attached hydrogen (secondary N) is 2. The molecule has 0 aliphatic carbocycles. The molecule has 0 saturated heterocycles. The van der Waals surface area contributed by atoms with E-state index in [1.807, 2.05) is 0 Å². The van der Waals surface area contributed by atoms with Gasteiger partial charge in [-0.25, -0.2) is 5.10 Å². The minimum Gasteiger partial charge on any atom is -0.321 e. The number of fused-ring (bicyclic) bond motifs is 1. The summed E-state index contributed by atoms with van der Waals surface area (Å²) in [5.74, 6) is 0.327. The summed E-state index contributed by atoms with van der Waals surface area (Å²) < 4.78 is 0. The average molecular weight is 248 g/mol. The minimum absolute atomic E-state index is 0.252. The van der Waals surface area contributed by atoms with Crippen LogP contribution in [0.25, 0.3) is 22.3 Å². The molecule has 2 N–H and O–H groups in total. The molecule has 0 unspecified atom stereocenters. The minimum atomic E-state index is -0.252. The predicted molar refractivity (Wildman–Crippen MR) is 62.8 cm³/mol. The van der Waals surface area contributed by atoms with Gasteiger partial charge < -0.3 is 4.98 Å². The molecule has 84 valence electrons. The summed E-state index contributed by atoms with van der Waals surface area (Å²) in [6, 6.07) is 6.93. The van der Waals surface area contributed by atoms with Gasteiger partial charge in [-0.1, -0.05) is 11.6 Å². The molecule has 0 aliphatic rings. The lowest BCUT2D eigenvalue weighted by Crippen LogP contribution is -2.09. The third-order valence-electron chi connectivity index (χ3n) is 2.41. The third kappa shape index (κ3) is 1.68. The molecule has 7 heteroatoms. The topological polar surface area (TPSA) is 87.3 Å². The van der Waals surface area contributed by atoms with E-state index in [1.54, 1.807) is 24.3 Å². The summed E-state index contributed by atoms with van der Waals surface area (Å²) in [6.45, 7) is 0. The first-order valence-corrected chi connectivity index (χ1v) is 5.18. The van der Waals surface area contributed by atoms with Crippen molar-refractivity contribution in [1.82, 2.24) is 25.6 Å². The molecule has 3 aromatic rings. The molecule has 6 nitrogen and oxygen atoms in total. The van der Waals surface area contributed by atoms with E-state index in [2.05, 4.69) is 25.6 Å². The zero-order valence-electron chi connectivity index (χ0n) is 8.44. The second-order valence-electron chi connectivity index (χ2n) is 3.49. The maximum Gasteiger partial charge on any atom is 0.259 e. The summed E-state index contributed by atoms with van der Waals surface area (Å²) in [7, 11) is 0. The molecule has 0 radical (unpaired) electrons. The number of aromatic nitrogens is 5. The molecule has 0 aliphatic heterocycles.